The van der Waals surface area contributed by atoms with Crippen molar-refractivity contribution in [3.05, 3.63) is 83.7 Å². The Kier molecular flexibility index (Phi) is 12.4. The Morgan fingerprint density at radius 2 is 1.45 bits per heavy atom. The van der Waals surface area contributed by atoms with E-state index < -0.39 is 11.7 Å². The maximum absolute atomic E-state index is 13.3. The zero-order valence-corrected chi connectivity index (χ0v) is 26.2. The molecule has 2 aromatic carbocycles. The number of benzene rings is 2. The summed E-state index contributed by atoms with van der Waals surface area (Å²) >= 11 is 0. The number of ether oxygens (including phenoxy) is 3. The van der Waals surface area contributed by atoms with Crippen LogP contribution in [-0.2, 0) is 14.5 Å². The van der Waals surface area contributed by atoms with Gasteiger partial charge in [-0.1, -0.05) is 38.1 Å². The molecule has 0 bridgehead atoms. The fourth-order valence-corrected chi connectivity index (χ4v) is 4.80. The molecule has 9 heteroatoms. The molecule has 230 valence electrons. The molecule has 0 saturated carbocycles. The van der Waals surface area contributed by atoms with E-state index in [1.165, 1.54) is 7.11 Å². The predicted molar refractivity (Wildman–Crippen MR) is 164 cm³/mol. The van der Waals surface area contributed by atoms with E-state index in [-0.39, 0.29) is 18.1 Å². The van der Waals surface area contributed by atoms with Gasteiger partial charge >= 0.3 is 6.09 Å². The number of hydrogen-bond donors (Lipinski definition) is 2. The molecule has 0 radical (unpaired) electrons. The van der Waals surface area contributed by atoms with Crippen LogP contribution in [0, 0.1) is 5.92 Å². The van der Waals surface area contributed by atoms with Crippen molar-refractivity contribution < 1.29 is 28.8 Å². The quantitative estimate of drug-likeness (QED) is 0.160. The highest BCUT2D eigenvalue weighted by molar-refractivity contribution is 5.72. The van der Waals surface area contributed by atoms with Crippen molar-refractivity contribution in [2.24, 2.45) is 5.92 Å². The monoisotopic (exact) mass is 581 g/mol. The van der Waals surface area contributed by atoms with Crippen LogP contribution in [0.1, 0.15) is 69.9 Å². The summed E-state index contributed by atoms with van der Waals surface area (Å²) in [6, 6.07) is 19.3. The molecule has 0 spiro atoms. The van der Waals surface area contributed by atoms with Gasteiger partial charge in [0, 0.05) is 24.5 Å². The lowest BCUT2D eigenvalue weighted by Crippen LogP contribution is -2.42. The Hall–Kier alpha value is -3.37. The summed E-state index contributed by atoms with van der Waals surface area (Å²) in [4.78, 5) is 23.5. The van der Waals surface area contributed by atoms with Crippen molar-refractivity contribution in [2.45, 2.75) is 64.8 Å². The molecule has 0 amide bonds. The van der Waals surface area contributed by atoms with Crippen LogP contribution in [-0.4, -0.2) is 56.8 Å². The molecular weight excluding hydrogens is 534 g/mol. The maximum Gasteiger partial charge on any atom is 0.418 e. The van der Waals surface area contributed by atoms with Crippen molar-refractivity contribution >= 4 is 6.09 Å². The van der Waals surface area contributed by atoms with Crippen molar-refractivity contribution in [3.8, 4) is 11.5 Å². The highest BCUT2D eigenvalue weighted by atomic mass is 17.2. The summed E-state index contributed by atoms with van der Waals surface area (Å²) in [6.07, 6.45) is 2.21. The molecule has 1 unspecified atom stereocenters. The van der Waals surface area contributed by atoms with E-state index >= 15 is 0 Å². The summed E-state index contributed by atoms with van der Waals surface area (Å²) in [7, 11) is 4.82. The van der Waals surface area contributed by atoms with Gasteiger partial charge in [0.1, 0.15) is 17.1 Å². The lowest BCUT2D eigenvalue weighted by atomic mass is 9.96. The number of carbonyl (C=O) groups is 1. The van der Waals surface area contributed by atoms with Crippen molar-refractivity contribution in [3.63, 3.8) is 0 Å². The van der Waals surface area contributed by atoms with Crippen LogP contribution in [0.2, 0.25) is 0 Å². The third kappa shape index (κ3) is 9.87. The Morgan fingerprint density at radius 1 is 0.881 bits per heavy atom. The highest BCUT2D eigenvalue weighted by Crippen LogP contribution is 2.29. The Morgan fingerprint density at radius 3 is 1.93 bits per heavy atom. The second-order valence-corrected chi connectivity index (χ2v) is 11.7. The normalized spacial score (nSPS) is 13.3. The Balaban J connectivity index is 2.03. The molecule has 0 aliphatic carbocycles. The molecule has 3 aromatic rings. The molecule has 2 atom stereocenters. The third-order valence-corrected chi connectivity index (χ3v) is 6.75. The van der Waals surface area contributed by atoms with E-state index in [0.717, 1.165) is 34.7 Å². The van der Waals surface area contributed by atoms with Gasteiger partial charge < -0.3 is 19.5 Å². The van der Waals surface area contributed by atoms with Crippen LogP contribution >= 0.6 is 0 Å². The first-order chi connectivity index (χ1) is 20.0. The van der Waals surface area contributed by atoms with Crippen LogP contribution in [0.5, 0.6) is 11.5 Å². The van der Waals surface area contributed by atoms with Gasteiger partial charge in [-0.05, 0) is 80.6 Å². The average Bonchev–Trinajstić information content (AvgIpc) is 3.45. The molecule has 0 aliphatic rings. The fourth-order valence-electron chi connectivity index (χ4n) is 4.80. The zero-order chi connectivity index (χ0) is 30.7. The minimum absolute atomic E-state index is 0.0413. The van der Waals surface area contributed by atoms with Crippen molar-refractivity contribution in [1.82, 2.24) is 15.2 Å². The molecule has 0 fully saturated rings. The van der Waals surface area contributed by atoms with Crippen molar-refractivity contribution in [1.29, 1.82) is 0 Å². The summed E-state index contributed by atoms with van der Waals surface area (Å²) in [5.41, 5.74) is 2.24. The van der Waals surface area contributed by atoms with E-state index in [9.17, 15) is 4.79 Å². The van der Waals surface area contributed by atoms with Gasteiger partial charge in [-0.3, -0.25) is 9.88 Å². The summed E-state index contributed by atoms with van der Waals surface area (Å²) < 4.78 is 18.1. The van der Waals surface area contributed by atoms with E-state index in [2.05, 4.69) is 24.5 Å². The average molecular weight is 582 g/mol. The van der Waals surface area contributed by atoms with E-state index in [1.807, 2.05) is 81.4 Å². The van der Waals surface area contributed by atoms with Gasteiger partial charge in [-0.15, -0.1) is 0 Å². The Bertz CT molecular complexity index is 1170. The van der Waals surface area contributed by atoms with Gasteiger partial charge in [0.2, 0.25) is 0 Å². The van der Waals surface area contributed by atoms with Gasteiger partial charge in [0.25, 0.3) is 0 Å². The number of nitrogens with zero attached hydrogens (tertiary/aromatic N) is 1. The lowest BCUT2D eigenvalue weighted by Gasteiger charge is -2.30. The molecule has 1 heterocycles. The van der Waals surface area contributed by atoms with Gasteiger partial charge in [-0.2, -0.15) is 0 Å². The van der Waals surface area contributed by atoms with Crippen molar-refractivity contribution in [2.75, 3.05) is 34.5 Å². The van der Waals surface area contributed by atoms with Crippen LogP contribution in [0.15, 0.2) is 66.9 Å². The minimum atomic E-state index is -0.631. The standard InChI is InChI=1S/C33H47N3O6/c1-23(2)20-26(22-41-40-8)34-21-29(30-10-9-19-36(30)32(37)42-33(3,4)5)35-31(24-11-15-27(38-6)16-12-24)25-13-17-28(39-7)18-14-25/h9-19,23,26,29,31,34-35H,20-22H2,1-8H3/t26-,29?/m0/s1. The Labute approximate surface area is 250 Å². The fraction of sp³-hybridized carbons (Fsp3) is 0.485. The van der Waals surface area contributed by atoms with Crippen LogP contribution in [0.25, 0.3) is 0 Å². The molecule has 3 rings (SSSR count). The smallest absolute Gasteiger partial charge is 0.418 e. The summed E-state index contributed by atoms with van der Waals surface area (Å²) in [5, 5.41) is 7.50. The number of rotatable bonds is 15. The second kappa shape index (κ2) is 15.7. The van der Waals surface area contributed by atoms with Crippen LogP contribution in [0.4, 0.5) is 4.79 Å². The molecule has 0 aliphatic heterocycles. The van der Waals surface area contributed by atoms with Gasteiger partial charge in [0.05, 0.1) is 40.0 Å². The third-order valence-electron chi connectivity index (χ3n) is 6.75. The van der Waals surface area contributed by atoms with E-state index in [0.29, 0.717) is 19.1 Å². The highest BCUT2D eigenvalue weighted by Gasteiger charge is 2.27. The predicted octanol–water partition coefficient (Wildman–Crippen LogP) is 6.29. The first kappa shape index (κ1) is 33.1. The lowest BCUT2D eigenvalue weighted by molar-refractivity contribution is -0.276. The van der Waals surface area contributed by atoms with Gasteiger partial charge in [-0.25, -0.2) is 14.6 Å². The topological polar surface area (TPSA) is 92.2 Å². The number of methoxy groups -OCH3 is 2. The van der Waals surface area contributed by atoms with E-state index in [1.54, 1.807) is 25.0 Å². The molecule has 9 nitrogen and oxygen atoms in total. The first-order valence-corrected chi connectivity index (χ1v) is 14.4. The zero-order valence-electron chi connectivity index (χ0n) is 26.2. The number of carbonyl (C=O) groups excluding carboxylic acids is 1. The van der Waals surface area contributed by atoms with E-state index in [4.69, 9.17) is 24.0 Å². The molecule has 0 saturated heterocycles. The maximum atomic E-state index is 13.3. The van der Waals surface area contributed by atoms with Crippen LogP contribution < -0.4 is 20.1 Å². The first-order valence-electron chi connectivity index (χ1n) is 14.4. The summed E-state index contributed by atoms with van der Waals surface area (Å²) in [5.74, 6) is 2.00. The molecule has 1 aromatic heterocycles. The van der Waals surface area contributed by atoms with Gasteiger partial charge in [0.15, 0.2) is 0 Å². The number of nitrogens with one attached hydrogen (secondary N) is 2. The number of hydrogen-bond acceptors (Lipinski definition) is 8. The molecular formula is C33H47N3O6. The minimum Gasteiger partial charge on any atom is -0.497 e. The largest absolute Gasteiger partial charge is 0.497 e. The molecule has 2 N–H and O–H groups in total. The summed E-state index contributed by atoms with van der Waals surface area (Å²) in [6.45, 7) is 10.8. The van der Waals surface area contributed by atoms with Crippen LogP contribution in [0.3, 0.4) is 0 Å². The molecule has 42 heavy (non-hydrogen) atoms. The number of aromatic nitrogens is 1. The SMILES string of the molecule is COOC[C@H](CC(C)C)NCC(NC(c1ccc(OC)cc1)c1ccc(OC)cc1)c1cccn1C(=O)OC(C)(C)C. The second-order valence-electron chi connectivity index (χ2n) is 11.7.